The van der Waals surface area contributed by atoms with Crippen LogP contribution in [0, 0.1) is 5.92 Å². The van der Waals surface area contributed by atoms with Crippen molar-refractivity contribution < 1.29 is 17.9 Å². The zero-order chi connectivity index (χ0) is 18.6. The van der Waals surface area contributed by atoms with E-state index in [0.29, 0.717) is 6.54 Å². The second-order valence-electron chi connectivity index (χ2n) is 6.66. The predicted octanol–water partition coefficient (Wildman–Crippen LogP) is 4.63. The van der Waals surface area contributed by atoms with E-state index in [0.717, 1.165) is 24.0 Å². The molecular formula is C20H23F3N2O. The second-order valence-corrected chi connectivity index (χ2v) is 6.66. The molecule has 0 spiro atoms. The molecule has 0 radical (unpaired) electrons. The van der Waals surface area contributed by atoms with Gasteiger partial charge in [0.1, 0.15) is 6.61 Å². The van der Waals surface area contributed by atoms with Crippen LogP contribution in [0.4, 0.5) is 13.2 Å². The van der Waals surface area contributed by atoms with Crippen LogP contribution in [0.2, 0.25) is 0 Å². The molecule has 2 aromatic rings. The normalized spacial score (nSPS) is 22.9. The summed E-state index contributed by atoms with van der Waals surface area (Å²) in [7, 11) is 0. The van der Waals surface area contributed by atoms with Crippen molar-refractivity contribution in [2.24, 2.45) is 11.8 Å². The minimum absolute atomic E-state index is 0.166. The molecule has 1 heterocycles. The molecule has 0 aromatic heterocycles. The Balaban J connectivity index is 1.94. The van der Waals surface area contributed by atoms with E-state index in [1.54, 1.807) is 5.01 Å². The third kappa shape index (κ3) is 4.63. The van der Waals surface area contributed by atoms with Crippen molar-refractivity contribution in [1.82, 2.24) is 5.01 Å². The van der Waals surface area contributed by atoms with E-state index >= 15 is 0 Å². The van der Waals surface area contributed by atoms with E-state index in [9.17, 15) is 13.2 Å². The van der Waals surface area contributed by atoms with Gasteiger partial charge in [0.05, 0.1) is 12.1 Å². The number of piperidine rings is 1. The number of benzene rings is 2. The molecule has 2 aromatic carbocycles. The van der Waals surface area contributed by atoms with Crippen LogP contribution in [0.5, 0.6) is 0 Å². The van der Waals surface area contributed by atoms with E-state index in [2.05, 4.69) is 0 Å². The Kier molecular flexibility index (Phi) is 5.96. The van der Waals surface area contributed by atoms with Crippen molar-refractivity contribution >= 4 is 0 Å². The largest absolute Gasteiger partial charge is 0.411 e. The Morgan fingerprint density at radius 2 is 1.65 bits per heavy atom. The molecule has 6 heteroatoms. The highest BCUT2D eigenvalue weighted by Gasteiger charge is 2.39. The van der Waals surface area contributed by atoms with Gasteiger partial charge >= 0.3 is 6.18 Å². The monoisotopic (exact) mass is 364 g/mol. The number of rotatable bonds is 5. The van der Waals surface area contributed by atoms with Crippen LogP contribution in [0.1, 0.15) is 36.1 Å². The van der Waals surface area contributed by atoms with Crippen LogP contribution < -0.4 is 5.84 Å². The standard InChI is InChI=1S/C20H23F3N2O/c21-20(22,23)14-26-19(16-10-5-2-6-11-16)17-12-7-13-25(24)18(17)15-8-3-1-4-9-15/h1-6,8-11,17-19H,7,12-14,24H2/t17-,18+,19?/m0/s1. The molecule has 26 heavy (non-hydrogen) atoms. The Hall–Kier alpha value is -1.89. The Morgan fingerprint density at radius 1 is 1.04 bits per heavy atom. The number of alkyl halides is 3. The molecule has 3 atom stereocenters. The van der Waals surface area contributed by atoms with Crippen molar-refractivity contribution in [1.29, 1.82) is 0 Å². The van der Waals surface area contributed by atoms with Gasteiger partial charge in [0.2, 0.25) is 0 Å². The zero-order valence-corrected chi connectivity index (χ0v) is 14.4. The SMILES string of the molecule is NN1CCC[C@H](C(OCC(F)(F)F)c2ccccc2)[C@H]1c1ccccc1. The lowest BCUT2D eigenvalue weighted by molar-refractivity contribution is -0.196. The van der Waals surface area contributed by atoms with Crippen LogP contribution >= 0.6 is 0 Å². The number of hydrazine groups is 1. The molecule has 1 unspecified atom stereocenters. The first kappa shape index (κ1) is 18.9. The third-order valence-corrected chi connectivity index (χ3v) is 4.80. The first-order valence-corrected chi connectivity index (χ1v) is 8.75. The van der Waals surface area contributed by atoms with Crippen LogP contribution in [-0.4, -0.2) is 24.3 Å². The summed E-state index contributed by atoms with van der Waals surface area (Å²) in [6.07, 6.45) is -3.46. The molecule has 2 N–H and O–H groups in total. The summed E-state index contributed by atoms with van der Waals surface area (Å²) in [6.45, 7) is -0.564. The van der Waals surface area contributed by atoms with Gasteiger partial charge in [-0.2, -0.15) is 13.2 Å². The summed E-state index contributed by atoms with van der Waals surface area (Å²) in [5.74, 6) is 6.09. The zero-order valence-electron chi connectivity index (χ0n) is 14.4. The van der Waals surface area contributed by atoms with E-state index in [1.807, 2.05) is 60.7 Å². The van der Waals surface area contributed by atoms with E-state index in [1.165, 1.54) is 0 Å². The van der Waals surface area contributed by atoms with Gasteiger partial charge in [-0.05, 0) is 24.0 Å². The lowest BCUT2D eigenvalue weighted by Crippen LogP contribution is -2.45. The van der Waals surface area contributed by atoms with Gasteiger partial charge in [0.15, 0.2) is 0 Å². The molecule has 0 aliphatic carbocycles. The smallest absolute Gasteiger partial charge is 0.364 e. The topological polar surface area (TPSA) is 38.5 Å². The summed E-state index contributed by atoms with van der Waals surface area (Å²) in [5, 5.41) is 1.73. The van der Waals surface area contributed by atoms with Crippen LogP contribution in [0.3, 0.4) is 0 Å². The molecule has 0 saturated carbocycles. The summed E-state index contributed by atoms with van der Waals surface area (Å²) >= 11 is 0. The number of nitrogens with two attached hydrogens (primary N) is 1. The first-order chi connectivity index (χ1) is 12.5. The van der Waals surface area contributed by atoms with Crippen molar-refractivity contribution in [2.75, 3.05) is 13.2 Å². The highest BCUT2D eigenvalue weighted by atomic mass is 19.4. The molecule has 0 amide bonds. The summed E-state index contributed by atoms with van der Waals surface area (Å²) in [5.41, 5.74) is 1.74. The van der Waals surface area contributed by atoms with E-state index in [4.69, 9.17) is 10.6 Å². The molecule has 1 aliphatic rings. The van der Waals surface area contributed by atoms with Crippen LogP contribution in [-0.2, 0) is 4.74 Å². The average Bonchev–Trinajstić information content (AvgIpc) is 2.63. The molecular weight excluding hydrogens is 341 g/mol. The molecule has 1 fully saturated rings. The lowest BCUT2D eigenvalue weighted by Gasteiger charge is -2.42. The Bertz CT molecular complexity index is 678. The molecule has 3 nitrogen and oxygen atoms in total. The van der Waals surface area contributed by atoms with Gasteiger partial charge in [-0.25, -0.2) is 5.01 Å². The summed E-state index contributed by atoms with van der Waals surface area (Å²) in [6, 6.07) is 18.6. The van der Waals surface area contributed by atoms with Gasteiger partial charge in [0.25, 0.3) is 0 Å². The molecule has 140 valence electrons. The van der Waals surface area contributed by atoms with Gasteiger partial charge in [-0.15, -0.1) is 0 Å². The van der Waals surface area contributed by atoms with E-state index in [-0.39, 0.29) is 12.0 Å². The van der Waals surface area contributed by atoms with Crippen molar-refractivity contribution in [3.8, 4) is 0 Å². The van der Waals surface area contributed by atoms with Crippen LogP contribution in [0.25, 0.3) is 0 Å². The van der Waals surface area contributed by atoms with Crippen LogP contribution in [0.15, 0.2) is 60.7 Å². The lowest BCUT2D eigenvalue weighted by atomic mass is 9.79. The predicted molar refractivity (Wildman–Crippen MR) is 94.0 cm³/mol. The number of nitrogens with zero attached hydrogens (tertiary/aromatic N) is 1. The van der Waals surface area contributed by atoms with Crippen molar-refractivity contribution in [3.05, 3.63) is 71.8 Å². The molecule has 0 bridgehead atoms. The highest BCUT2D eigenvalue weighted by molar-refractivity contribution is 5.24. The van der Waals surface area contributed by atoms with Gasteiger partial charge in [0, 0.05) is 12.5 Å². The summed E-state index contributed by atoms with van der Waals surface area (Å²) in [4.78, 5) is 0. The van der Waals surface area contributed by atoms with Crippen molar-refractivity contribution in [3.63, 3.8) is 0 Å². The minimum atomic E-state index is -4.37. The third-order valence-electron chi connectivity index (χ3n) is 4.80. The quantitative estimate of drug-likeness (QED) is 0.786. The average molecular weight is 364 g/mol. The molecule has 3 rings (SSSR count). The first-order valence-electron chi connectivity index (χ1n) is 8.75. The maximum Gasteiger partial charge on any atom is 0.411 e. The number of hydrogen-bond donors (Lipinski definition) is 1. The highest BCUT2D eigenvalue weighted by Crippen LogP contribution is 2.43. The maximum absolute atomic E-state index is 12.8. The fraction of sp³-hybridized carbons (Fsp3) is 0.400. The number of hydrogen-bond acceptors (Lipinski definition) is 3. The fourth-order valence-corrected chi connectivity index (χ4v) is 3.75. The summed E-state index contributed by atoms with van der Waals surface area (Å²) < 4.78 is 43.9. The maximum atomic E-state index is 12.8. The Morgan fingerprint density at radius 3 is 2.27 bits per heavy atom. The Labute approximate surface area is 151 Å². The molecule has 1 aliphatic heterocycles. The fourth-order valence-electron chi connectivity index (χ4n) is 3.75. The van der Waals surface area contributed by atoms with E-state index < -0.39 is 18.9 Å². The van der Waals surface area contributed by atoms with Gasteiger partial charge in [-0.1, -0.05) is 60.7 Å². The van der Waals surface area contributed by atoms with Gasteiger partial charge in [-0.3, -0.25) is 5.84 Å². The van der Waals surface area contributed by atoms with Crippen molar-refractivity contribution in [2.45, 2.75) is 31.2 Å². The number of halogens is 3. The second kappa shape index (κ2) is 8.20. The van der Waals surface area contributed by atoms with Gasteiger partial charge < -0.3 is 4.74 Å². The number of ether oxygens (including phenoxy) is 1. The molecule has 1 saturated heterocycles. The minimum Gasteiger partial charge on any atom is -0.364 e.